The van der Waals surface area contributed by atoms with Crippen LogP contribution < -0.4 is 9.47 Å². The van der Waals surface area contributed by atoms with Crippen molar-refractivity contribution in [1.29, 1.82) is 0 Å². The lowest BCUT2D eigenvalue weighted by Gasteiger charge is -2.12. The van der Waals surface area contributed by atoms with Crippen molar-refractivity contribution in [1.82, 2.24) is 14.8 Å². The van der Waals surface area contributed by atoms with Gasteiger partial charge in [-0.3, -0.25) is 0 Å². The second-order valence-electron chi connectivity index (χ2n) is 6.71. The van der Waals surface area contributed by atoms with Gasteiger partial charge in [-0.1, -0.05) is 30.3 Å². The van der Waals surface area contributed by atoms with Crippen molar-refractivity contribution in [2.75, 3.05) is 13.2 Å². The Balaban J connectivity index is 1.93. The van der Waals surface area contributed by atoms with Crippen molar-refractivity contribution < 1.29 is 19.4 Å². The molecule has 0 saturated heterocycles. The van der Waals surface area contributed by atoms with E-state index in [0.29, 0.717) is 52.8 Å². The molecule has 0 unspecified atom stereocenters. The van der Waals surface area contributed by atoms with Gasteiger partial charge in [-0.15, -0.1) is 10.2 Å². The van der Waals surface area contributed by atoms with E-state index in [2.05, 4.69) is 16.8 Å². The molecular weight excluding hydrogens is 462 g/mol. The molecule has 0 aliphatic carbocycles. The van der Waals surface area contributed by atoms with Crippen LogP contribution in [0.15, 0.2) is 65.2 Å². The van der Waals surface area contributed by atoms with Crippen LogP contribution in [0.4, 0.5) is 0 Å². The van der Waals surface area contributed by atoms with E-state index in [1.165, 1.54) is 0 Å². The summed E-state index contributed by atoms with van der Waals surface area (Å²) in [7, 11) is 0. The quantitative estimate of drug-likeness (QED) is 0.208. The van der Waals surface area contributed by atoms with E-state index >= 15 is 0 Å². The highest BCUT2D eigenvalue weighted by Crippen LogP contribution is 2.33. The van der Waals surface area contributed by atoms with Crippen LogP contribution in [-0.2, 0) is 11.3 Å². The number of nitrogens with zero attached hydrogens (tertiary/aromatic N) is 3. The summed E-state index contributed by atoms with van der Waals surface area (Å²) < 4.78 is 13.1. The number of hydrogen-bond donors (Lipinski definition) is 1. The third-order valence-electron chi connectivity index (χ3n) is 4.47. The molecule has 9 heteroatoms. The van der Waals surface area contributed by atoms with E-state index in [0.717, 1.165) is 17.3 Å². The van der Waals surface area contributed by atoms with Crippen LogP contribution in [0.1, 0.15) is 19.4 Å². The van der Waals surface area contributed by atoms with Gasteiger partial charge in [0.25, 0.3) is 0 Å². The first-order valence-electron chi connectivity index (χ1n) is 10.3. The normalized spacial score (nSPS) is 11.3. The largest absolute Gasteiger partial charge is 0.490 e. The lowest BCUT2D eigenvalue weighted by molar-refractivity contribution is -0.131. The minimum atomic E-state index is -1.07. The van der Waals surface area contributed by atoms with Crippen LogP contribution in [0.3, 0.4) is 0 Å². The van der Waals surface area contributed by atoms with Gasteiger partial charge < -0.3 is 19.1 Å². The number of carbonyl (C=O) groups is 1. The van der Waals surface area contributed by atoms with Crippen molar-refractivity contribution in [3.63, 3.8) is 0 Å². The summed E-state index contributed by atoms with van der Waals surface area (Å²) in [5, 5.41) is 19.4. The number of ether oxygens (including phenoxy) is 2. The summed E-state index contributed by atoms with van der Waals surface area (Å²) in [6.45, 7) is 8.83. The highest BCUT2D eigenvalue weighted by molar-refractivity contribution is 8.04. The highest BCUT2D eigenvalue weighted by atomic mass is 35.5. The number of hydrogen-bond acceptors (Lipinski definition) is 6. The number of carboxylic acid groups (broad SMARTS) is 1. The van der Waals surface area contributed by atoms with Crippen molar-refractivity contribution in [2.45, 2.75) is 25.5 Å². The smallest absolute Gasteiger partial charge is 0.342 e. The number of benzene rings is 2. The predicted molar refractivity (Wildman–Crippen MR) is 131 cm³/mol. The van der Waals surface area contributed by atoms with Crippen LogP contribution >= 0.6 is 23.4 Å². The molecule has 0 atom stereocenters. The Morgan fingerprint density at radius 1 is 1.15 bits per heavy atom. The maximum Gasteiger partial charge on any atom is 0.342 e. The minimum Gasteiger partial charge on any atom is -0.490 e. The van der Waals surface area contributed by atoms with Gasteiger partial charge in [0, 0.05) is 17.1 Å². The molecule has 7 nitrogen and oxygen atoms in total. The first kappa shape index (κ1) is 24.4. The molecule has 1 aromatic heterocycles. The fraction of sp³-hybridized carbons (Fsp3) is 0.208. The van der Waals surface area contributed by atoms with Gasteiger partial charge in [0.1, 0.15) is 11.5 Å². The first-order valence-corrected chi connectivity index (χ1v) is 11.5. The van der Waals surface area contributed by atoms with E-state index in [1.807, 2.05) is 30.5 Å². The summed E-state index contributed by atoms with van der Waals surface area (Å²) in [5.74, 6) is 0.675. The summed E-state index contributed by atoms with van der Waals surface area (Å²) in [5.41, 5.74) is 1.51. The second kappa shape index (κ2) is 11.6. The van der Waals surface area contributed by atoms with Crippen LogP contribution in [0.5, 0.6) is 11.5 Å². The van der Waals surface area contributed by atoms with Gasteiger partial charge in [0.2, 0.25) is 0 Å². The standard InChI is InChI=1S/C24H24ClN3O4S/c1-4-13-32-19-12-7-16(14-20(19)31-6-3)15-21(23(29)30)33-24-27-26-22(28(24)5-2)17-8-10-18(25)11-9-17/h4,7-12,14-15H,1,5-6,13H2,2-3H3,(H,29,30)/b21-15-. The van der Waals surface area contributed by atoms with Crippen LogP contribution in [0.2, 0.25) is 5.02 Å². The third kappa shape index (κ3) is 6.18. The molecule has 3 aromatic rings. The van der Waals surface area contributed by atoms with E-state index in [9.17, 15) is 9.90 Å². The summed E-state index contributed by atoms with van der Waals surface area (Å²) in [6, 6.07) is 12.5. The van der Waals surface area contributed by atoms with Gasteiger partial charge in [0.15, 0.2) is 22.5 Å². The number of aromatic nitrogens is 3. The molecule has 172 valence electrons. The number of rotatable bonds is 11. The van der Waals surface area contributed by atoms with Gasteiger partial charge in [-0.05, 0) is 73.6 Å². The van der Waals surface area contributed by atoms with Gasteiger partial charge >= 0.3 is 5.97 Å². The molecule has 0 spiro atoms. The molecule has 0 fully saturated rings. The van der Waals surface area contributed by atoms with E-state index in [4.69, 9.17) is 21.1 Å². The average molecular weight is 486 g/mol. The highest BCUT2D eigenvalue weighted by Gasteiger charge is 2.18. The third-order valence-corrected chi connectivity index (χ3v) is 5.72. The summed E-state index contributed by atoms with van der Waals surface area (Å²) in [4.78, 5) is 12.1. The van der Waals surface area contributed by atoms with Crippen molar-refractivity contribution >= 4 is 35.4 Å². The topological polar surface area (TPSA) is 86.5 Å². The van der Waals surface area contributed by atoms with E-state index in [-0.39, 0.29) is 4.91 Å². The molecule has 33 heavy (non-hydrogen) atoms. The molecular formula is C24H24ClN3O4S. The first-order chi connectivity index (χ1) is 16.0. The SMILES string of the molecule is C=CCOc1ccc(/C=C(\Sc2nnc(-c3ccc(Cl)cc3)n2CC)C(=O)O)cc1OCC. The van der Waals surface area contributed by atoms with E-state index < -0.39 is 5.97 Å². The monoisotopic (exact) mass is 485 g/mol. The zero-order chi connectivity index (χ0) is 23.8. The molecule has 2 aromatic carbocycles. The Labute approximate surface area is 201 Å². The number of aliphatic carboxylic acids is 1. The lowest BCUT2D eigenvalue weighted by atomic mass is 10.2. The molecule has 1 N–H and O–H groups in total. The predicted octanol–water partition coefficient (Wildman–Crippen LogP) is 5.80. The maximum absolute atomic E-state index is 12.0. The molecule has 3 rings (SSSR count). The molecule has 0 amide bonds. The maximum atomic E-state index is 12.0. The Hall–Kier alpha value is -3.23. The van der Waals surface area contributed by atoms with Gasteiger partial charge in [-0.2, -0.15) is 0 Å². The number of halogens is 1. The summed E-state index contributed by atoms with van der Waals surface area (Å²) in [6.07, 6.45) is 3.22. The zero-order valence-corrected chi connectivity index (χ0v) is 19.9. The second-order valence-corrected chi connectivity index (χ2v) is 8.16. The van der Waals surface area contributed by atoms with Crippen LogP contribution in [0.25, 0.3) is 17.5 Å². The van der Waals surface area contributed by atoms with Crippen LogP contribution in [-0.4, -0.2) is 39.1 Å². The van der Waals surface area contributed by atoms with Gasteiger partial charge in [0.05, 0.1) is 6.61 Å². The van der Waals surface area contributed by atoms with Crippen molar-refractivity contribution in [3.8, 4) is 22.9 Å². The summed E-state index contributed by atoms with van der Waals surface area (Å²) >= 11 is 7.02. The fourth-order valence-electron chi connectivity index (χ4n) is 3.00. The Morgan fingerprint density at radius 3 is 2.55 bits per heavy atom. The Morgan fingerprint density at radius 2 is 1.91 bits per heavy atom. The zero-order valence-electron chi connectivity index (χ0n) is 18.3. The van der Waals surface area contributed by atoms with Crippen molar-refractivity contribution in [3.05, 3.63) is 70.6 Å². The average Bonchev–Trinajstić information content (AvgIpc) is 3.21. The number of carboxylic acids is 1. The van der Waals surface area contributed by atoms with Crippen molar-refractivity contribution in [2.24, 2.45) is 0 Å². The molecule has 0 aliphatic rings. The van der Waals surface area contributed by atoms with E-state index in [1.54, 1.807) is 42.5 Å². The molecule has 0 aliphatic heterocycles. The molecule has 1 heterocycles. The van der Waals surface area contributed by atoms with Crippen LogP contribution in [0, 0.1) is 0 Å². The minimum absolute atomic E-state index is 0.0990. The Kier molecular flexibility index (Phi) is 8.57. The van der Waals surface area contributed by atoms with Gasteiger partial charge in [-0.25, -0.2) is 4.79 Å². The lowest BCUT2D eigenvalue weighted by Crippen LogP contribution is -2.03. The molecule has 0 radical (unpaired) electrons. The molecule has 0 bridgehead atoms. The molecule has 0 saturated carbocycles. The fourth-order valence-corrected chi connectivity index (χ4v) is 4.01. The Bertz CT molecular complexity index is 1160. The number of thioether (sulfide) groups is 1.